The van der Waals surface area contributed by atoms with E-state index in [0.29, 0.717) is 6.42 Å². The summed E-state index contributed by atoms with van der Waals surface area (Å²) in [5.41, 5.74) is 2.26. The number of hydrogen-bond acceptors (Lipinski definition) is 6. The minimum absolute atomic E-state index is 0.145. The Morgan fingerprint density at radius 2 is 2.17 bits per heavy atom. The van der Waals surface area contributed by atoms with Crippen molar-refractivity contribution in [3.8, 4) is 5.75 Å². The van der Waals surface area contributed by atoms with Gasteiger partial charge < -0.3 is 19.8 Å². The second kappa shape index (κ2) is 8.38. The molecule has 1 atom stereocenters. The van der Waals surface area contributed by atoms with E-state index in [1.807, 2.05) is 25.4 Å². The van der Waals surface area contributed by atoms with Crippen molar-refractivity contribution in [2.24, 2.45) is 0 Å². The van der Waals surface area contributed by atoms with Crippen LogP contribution in [0.15, 0.2) is 30.5 Å². The van der Waals surface area contributed by atoms with Crippen LogP contribution in [-0.4, -0.2) is 32.4 Å². The zero-order valence-electron chi connectivity index (χ0n) is 13.5. The molecule has 1 aromatic carbocycles. The van der Waals surface area contributed by atoms with Crippen LogP contribution >= 0.6 is 0 Å². The summed E-state index contributed by atoms with van der Waals surface area (Å²) in [7, 11) is 3.68. The Hall–Kier alpha value is -2.28. The molecule has 0 amide bonds. The molecule has 0 spiro atoms. The average Bonchev–Trinajstić information content (AvgIpc) is 2.55. The van der Waals surface area contributed by atoms with Gasteiger partial charge in [-0.2, -0.15) is 0 Å². The van der Waals surface area contributed by atoms with E-state index in [9.17, 15) is 10.1 Å². The molecule has 0 saturated carbocycles. The van der Waals surface area contributed by atoms with E-state index >= 15 is 0 Å². The molecule has 1 unspecified atom stereocenters. The molecule has 1 heterocycles. The molecule has 0 radical (unpaired) electrons. The monoisotopic (exact) mass is 321 g/mol. The first-order valence-electron chi connectivity index (χ1n) is 7.72. The molecule has 0 aromatic heterocycles. The highest BCUT2D eigenvalue weighted by Crippen LogP contribution is 2.38. The molecular weight excluding hydrogens is 298 g/mol. The van der Waals surface area contributed by atoms with Crippen LogP contribution in [0.2, 0.25) is 0 Å². The van der Waals surface area contributed by atoms with Crippen molar-refractivity contribution in [3.63, 3.8) is 0 Å². The number of para-hydroxylation sites is 1. The van der Waals surface area contributed by atoms with Crippen LogP contribution in [0.3, 0.4) is 0 Å². The fourth-order valence-corrected chi connectivity index (χ4v) is 2.70. The number of fused-ring (bicyclic) bond motifs is 1. The number of nitrogens with one attached hydrogen (secondary N) is 1. The van der Waals surface area contributed by atoms with Gasteiger partial charge in [0.2, 0.25) is 0 Å². The number of hydrogen-bond donors (Lipinski definition) is 1. The molecule has 23 heavy (non-hydrogen) atoms. The van der Waals surface area contributed by atoms with Crippen LogP contribution in [0.5, 0.6) is 5.75 Å². The zero-order chi connectivity index (χ0) is 16.7. The van der Waals surface area contributed by atoms with Crippen molar-refractivity contribution < 1.29 is 14.7 Å². The maximum Gasteiger partial charge on any atom is 0.294 e. The third-order valence-corrected chi connectivity index (χ3v) is 3.82. The van der Waals surface area contributed by atoms with Gasteiger partial charge in [0.15, 0.2) is 0 Å². The van der Waals surface area contributed by atoms with E-state index < -0.39 is 5.09 Å². The van der Waals surface area contributed by atoms with Crippen molar-refractivity contribution in [1.29, 1.82) is 0 Å². The number of rotatable bonds is 9. The molecule has 7 heteroatoms. The molecule has 126 valence electrons. The van der Waals surface area contributed by atoms with Crippen LogP contribution < -0.4 is 15.0 Å². The van der Waals surface area contributed by atoms with Crippen LogP contribution in [0.4, 0.5) is 5.69 Å². The molecule has 1 aromatic rings. The van der Waals surface area contributed by atoms with E-state index in [4.69, 9.17) is 4.74 Å². The standard InChI is InChI=1S/C16H23N3O4/c1-18-11-9-14(13-7-6-8-15(22-2)16(13)18)17-10-4-3-5-12-23-19(20)21/h6-9,11,14,17H,3-5,10,12H2,1-2H3. The molecule has 2 rings (SSSR count). The number of anilines is 1. The zero-order valence-corrected chi connectivity index (χ0v) is 13.5. The van der Waals surface area contributed by atoms with Crippen LogP contribution in [0, 0.1) is 10.1 Å². The van der Waals surface area contributed by atoms with Gasteiger partial charge in [0.1, 0.15) is 5.75 Å². The lowest BCUT2D eigenvalue weighted by molar-refractivity contribution is -0.757. The minimum Gasteiger partial charge on any atom is -0.495 e. The van der Waals surface area contributed by atoms with Crippen molar-refractivity contribution in [1.82, 2.24) is 5.32 Å². The fourth-order valence-electron chi connectivity index (χ4n) is 2.70. The Balaban J connectivity index is 1.83. The third kappa shape index (κ3) is 4.59. The number of methoxy groups -OCH3 is 1. The topological polar surface area (TPSA) is 76.9 Å². The summed E-state index contributed by atoms with van der Waals surface area (Å²) < 4.78 is 5.45. The van der Waals surface area contributed by atoms with Crippen molar-refractivity contribution in [3.05, 3.63) is 46.2 Å². The lowest BCUT2D eigenvalue weighted by Gasteiger charge is -2.30. The molecule has 7 nitrogen and oxygen atoms in total. The van der Waals surface area contributed by atoms with Crippen molar-refractivity contribution in [2.45, 2.75) is 25.3 Å². The van der Waals surface area contributed by atoms with Crippen LogP contribution in [0.1, 0.15) is 30.9 Å². The first kappa shape index (κ1) is 17.1. The van der Waals surface area contributed by atoms with Gasteiger partial charge in [-0.05, 0) is 31.5 Å². The first-order chi connectivity index (χ1) is 11.1. The lowest BCUT2D eigenvalue weighted by atomic mass is 10.00. The summed E-state index contributed by atoms with van der Waals surface area (Å²) in [6.07, 6.45) is 6.68. The van der Waals surface area contributed by atoms with Crippen molar-refractivity contribution in [2.75, 3.05) is 32.2 Å². The van der Waals surface area contributed by atoms with E-state index in [-0.39, 0.29) is 12.6 Å². The summed E-state index contributed by atoms with van der Waals surface area (Å²) >= 11 is 0. The first-order valence-corrected chi connectivity index (χ1v) is 7.72. The Morgan fingerprint density at radius 3 is 2.91 bits per heavy atom. The second-order valence-corrected chi connectivity index (χ2v) is 5.40. The highest BCUT2D eigenvalue weighted by molar-refractivity contribution is 5.68. The highest BCUT2D eigenvalue weighted by Gasteiger charge is 2.21. The molecule has 0 saturated heterocycles. The van der Waals surface area contributed by atoms with E-state index in [1.165, 1.54) is 5.56 Å². The molecule has 0 fully saturated rings. The normalized spacial score (nSPS) is 16.1. The Bertz CT molecular complexity index is 562. The predicted molar refractivity (Wildman–Crippen MR) is 88.1 cm³/mol. The number of unbranched alkanes of at least 4 members (excludes halogenated alkanes) is 2. The molecule has 0 aliphatic carbocycles. The largest absolute Gasteiger partial charge is 0.495 e. The van der Waals surface area contributed by atoms with E-state index in [2.05, 4.69) is 27.2 Å². The number of nitrogens with zero attached hydrogens (tertiary/aromatic N) is 2. The van der Waals surface area contributed by atoms with Crippen LogP contribution in [-0.2, 0) is 4.84 Å². The molecule has 1 aliphatic heterocycles. The van der Waals surface area contributed by atoms with Gasteiger partial charge in [-0.3, -0.25) is 0 Å². The van der Waals surface area contributed by atoms with Crippen LogP contribution in [0.25, 0.3) is 0 Å². The average molecular weight is 321 g/mol. The fraction of sp³-hybridized carbons (Fsp3) is 0.500. The number of benzene rings is 1. The van der Waals surface area contributed by atoms with Gasteiger partial charge in [0.25, 0.3) is 5.09 Å². The Labute approximate surface area is 136 Å². The van der Waals surface area contributed by atoms with E-state index in [1.54, 1.807) is 7.11 Å². The van der Waals surface area contributed by atoms with Gasteiger partial charge in [0.05, 0.1) is 25.4 Å². The Morgan fingerprint density at radius 1 is 1.35 bits per heavy atom. The predicted octanol–water partition coefficient (Wildman–Crippen LogP) is 2.67. The van der Waals surface area contributed by atoms with Gasteiger partial charge in [0, 0.05) is 18.8 Å². The summed E-state index contributed by atoms with van der Waals surface area (Å²) in [5, 5.41) is 12.8. The molecule has 1 N–H and O–H groups in total. The third-order valence-electron chi connectivity index (χ3n) is 3.82. The SMILES string of the molecule is COc1cccc2c1N(C)C=CC2NCCCCCO[N+](=O)[O-]. The summed E-state index contributed by atoms with van der Waals surface area (Å²) in [6, 6.07) is 6.20. The smallest absolute Gasteiger partial charge is 0.294 e. The van der Waals surface area contributed by atoms with Gasteiger partial charge >= 0.3 is 0 Å². The lowest BCUT2D eigenvalue weighted by Crippen LogP contribution is -2.27. The summed E-state index contributed by atoms with van der Waals surface area (Å²) in [6.45, 7) is 1.01. The Kier molecular flexibility index (Phi) is 6.22. The van der Waals surface area contributed by atoms with Crippen molar-refractivity contribution >= 4 is 5.69 Å². The molecular formula is C16H23N3O4. The maximum absolute atomic E-state index is 10.0. The van der Waals surface area contributed by atoms with E-state index in [0.717, 1.165) is 30.8 Å². The number of ether oxygens (including phenoxy) is 1. The summed E-state index contributed by atoms with van der Waals surface area (Å²) in [4.78, 5) is 16.4. The maximum atomic E-state index is 10.0. The second-order valence-electron chi connectivity index (χ2n) is 5.40. The minimum atomic E-state index is -0.744. The quantitative estimate of drug-likeness (QED) is 0.428. The van der Waals surface area contributed by atoms with Gasteiger partial charge in [-0.25, -0.2) is 0 Å². The highest BCUT2D eigenvalue weighted by atomic mass is 16.9. The molecule has 1 aliphatic rings. The van der Waals surface area contributed by atoms with Gasteiger partial charge in [-0.1, -0.05) is 18.6 Å². The molecule has 0 bridgehead atoms. The van der Waals surface area contributed by atoms with Gasteiger partial charge in [-0.15, -0.1) is 10.1 Å². The summed E-state index contributed by atoms with van der Waals surface area (Å²) in [5.74, 6) is 0.859.